The van der Waals surface area contributed by atoms with Crippen LogP contribution in [0.1, 0.15) is 15.9 Å². The second kappa shape index (κ2) is 7.63. The Kier molecular flexibility index (Phi) is 5.56. The predicted octanol–water partition coefficient (Wildman–Crippen LogP) is 2.93. The van der Waals surface area contributed by atoms with Crippen molar-refractivity contribution in [2.75, 3.05) is 17.7 Å². The molecule has 0 aliphatic heterocycles. The molecule has 0 bridgehead atoms. The van der Waals surface area contributed by atoms with E-state index in [-0.39, 0.29) is 16.9 Å². The van der Waals surface area contributed by atoms with E-state index in [2.05, 4.69) is 5.32 Å². The third kappa shape index (κ3) is 4.45. The van der Waals surface area contributed by atoms with Crippen molar-refractivity contribution in [1.29, 1.82) is 0 Å². The van der Waals surface area contributed by atoms with Gasteiger partial charge in [-0.15, -0.1) is 0 Å². The number of carbonyl (C=O) groups is 2. The molecule has 2 aromatic rings. The van der Waals surface area contributed by atoms with Gasteiger partial charge in [0, 0.05) is 22.8 Å². The van der Waals surface area contributed by atoms with Crippen molar-refractivity contribution in [3.8, 4) is 0 Å². The maximum atomic E-state index is 12.0. The van der Waals surface area contributed by atoms with Gasteiger partial charge >= 0.3 is 5.97 Å². The quantitative estimate of drug-likeness (QED) is 0.364. The Morgan fingerprint density at radius 2 is 2.04 bits per heavy atom. The van der Waals surface area contributed by atoms with Crippen LogP contribution in [-0.4, -0.2) is 23.4 Å². The van der Waals surface area contributed by atoms with Crippen molar-refractivity contribution in [3.05, 3.63) is 62.7 Å². The highest BCUT2D eigenvalue weighted by atomic mass is 35.5. The molecule has 9 heteroatoms. The van der Waals surface area contributed by atoms with E-state index >= 15 is 0 Å². The van der Waals surface area contributed by atoms with E-state index in [1.165, 1.54) is 6.07 Å². The summed E-state index contributed by atoms with van der Waals surface area (Å²) in [6, 6.07) is 8.37. The number of nitrogens with zero attached hydrogens (tertiary/aromatic N) is 1. The molecule has 0 aromatic heterocycles. The summed E-state index contributed by atoms with van der Waals surface area (Å²) >= 11 is 5.96. The third-order valence-corrected chi connectivity index (χ3v) is 3.75. The molecular formula is C16H14ClN3O5. The number of nitrogen functional groups attached to an aromatic ring is 1. The number of ether oxygens (including phenoxy) is 1. The number of rotatable bonds is 5. The van der Waals surface area contributed by atoms with E-state index in [1.807, 2.05) is 0 Å². The highest BCUT2D eigenvalue weighted by molar-refractivity contribution is 6.31. The summed E-state index contributed by atoms with van der Waals surface area (Å²) in [7, 11) is 0. The van der Waals surface area contributed by atoms with Gasteiger partial charge < -0.3 is 15.8 Å². The fourth-order valence-electron chi connectivity index (χ4n) is 1.99. The molecule has 0 saturated heterocycles. The highest BCUT2D eigenvalue weighted by Crippen LogP contribution is 2.23. The number of anilines is 2. The van der Waals surface area contributed by atoms with Crippen LogP contribution < -0.4 is 11.1 Å². The average Bonchev–Trinajstić information content (AvgIpc) is 2.56. The van der Waals surface area contributed by atoms with Crippen LogP contribution in [0.3, 0.4) is 0 Å². The van der Waals surface area contributed by atoms with Gasteiger partial charge in [-0.2, -0.15) is 0 Å². The lowest BCUT2D eigenvalue weighted by molar-refractivity contribution is -0.384. The van der Waals surface area contributed by atoms with Gasteiger partial charge in [0.2, 0.25) is 0 Å². The third-order valence-electron chi connectivity index (χ3n) is 3.34. The second-order valence-electron chi connectivity index (χ2n) is 5.07. The zero-order chi connectivity index (χ0) is 18.6. The standard InChI is InChI=1S/C16H14ClN3O5/c1-9-12(17)3-2-4-14(9)19-15(21)8-25-16(22)11-6-5-10(20(23)24)7-13(11)18/h2-7H,8,18H2,1H3,(H,19,21). The summed E-state index contributed by atoms with van der Waals surface area (Å²) in [6.07, 6.45) is 0. The van der Waals surface area contributed by atoms with Crippen molar-refractivity contribution < 1.29 is 19.2 Å². The molecular weight excluding hydrogens is 350 g/mol. The van der Waals surface area contributed by atoms with E-state index in [0.717, 1.165) is 12.1 Å². The van der Waals surface area contributed by atoms with Gasteiger partial charge in [0.1, 0.15) is 0 Å². The first-order valence-electron chi connectivity index (χ1n) is 7.05. The van der Waals surface area contributed by atoms with Gasteiger partial charge in [0.15, 0.2) is 6.61 Å². The monoisotopic (exact) mass is 363 g/mol. The zero-order valence-electron chi connectivity index (χ0n) is 13.1. The minimum Gasteiger partial charge on any atom is -0.452 e. The van der Waals surface area contributed by atoms with Crippen LogP contribution in [0.2, 0.25) is 5.02 Å². The van der Waals surface area contributed by atoms with Crippen molar-refractivity contribution >= 4 is 40.5 Å². The van der Waals surface area contributed by atoms with Gasteiger partial charge in [-0.3, -0.25) is 14.9 Å². The van der Waals surface area contributed by atoms with Crippen molar-refractivity contribution in [2.45, 2.75) is 6.92 Å². The molecule has 0 fully saturated rings. The number of nitrogens with one attached hydrogen (secondary N) is 1. The van der Waals surface area contributed by atoms with E-state index in [1.54, 1.807) is 25.1 Å². The van der Waals surface area contributed by atoms with E-state index in [4.69, 9.17) is 22.1 Å². The number of amides is 1. The van der Waals surface area contributed by atoms with E-state index in [0.29, 0.717) is 16.3 Å². The molecule has 25 heavy (non-hydrogen) atoms. The molecule has 0 radical (unpaired) electrons. The molecule has 0 saturated carbocycles. The van der Waals surface area contributed by atoms with E-state index in [9.17, 15) is 19.7 Å². The lowest BCUT2D eigenvalue weighted by atomic mass is 10.1. The number of carbonyl (C=O) groups excluding carboxylic acids is 2. The molecule has 2 rings (SSSR count). The first-order chi connectivity index (χ1) is 11.8. The lowest BCUT2D eigenvalue weighted by Gasteiger charge is -2.10. The molecule has 0 aliphatic carbocycles. The van der Waals surface area contributed by atoms with Gasteiger partial charge in [0.05, 0.1) is 16.2 Å². The van der Waals surface area contributed by atoms with Crippen LogP contribution in [-0.2, 0) is 9.53 Å². The van der Waals surface area contributed by atoms with Gasteiger partial charge in [-0.25, -0.2) is 4.79 Å². The molecule has 130 valence electrons. The minimum atomic E-state index is -0.856. The molecule has 8 nitrogen and oxygen atoms in total. The van der Waals surface area contributed by atoms with Gasteiger partial charge in [0.25, 0.3) is 11.6 Å². The van der Waals surface area contributed by atoms with Crippen molar-refractivity contribution in [1.82, 2.24) is 0 Å². The summed E-state index contributed by atoms with van der Waals surface area (Å²) in [5.41, 5.74) is 6.38. The highest BCUT2D eigenvalue weighted by Gasteiger charge is 2.17. The molecule has 0 unspecified atom stereocenters. The first-order valence-corrected chi connectivity index (χ1v) is 7.43. The number of nitro benzene ring substituents is 1. The summed E-state index contributed by atoms with van der Waals surface area (Å²) in [5, 5.41) is 13.7. The van der Waals surface area contributed by atoms with Crippen molar-refractivity contribution in [2.24, 2.45) is 0 Å². The largest absolute Gasteiger partial charge is 0.452 e. The number of hydrogen-bond acceptors (Lipinski definition) is 6. The van der Waals surface area contributed by atoms with Crippen LogP contribution in [0.5, 0.6) is 0 Å². The number of esters is 1. The van der Waals surface area contributed by atoms with Crippen molar-refractivity contribution in [3.63, 3.8) is 0 Å². The molecule has 0 spiro atoms. The Bertz CT molecular complexity index is 854. The normalized spacial score (nSPS) is 10.2. The fraction of sp³-hybridized carbons (Fsp3) is 0.125. The SMILES string of the molecule is Cc1c(Cl)cccc1NC(=O)COC(=O)c1ccc([N+](=O)[O-])cc1N. The summed E-state index contributed by atoms with van der Waals surface area (Å²) in [5.74, 6) is -1.41. The Hall–Kier alpha value is -3.13. The second-order valence-corrected chi connectivity index (χ2v) is 5.47. The number of halogens is 1. The minimum absolute atomic E-state index is 0.0580. The topological polar surface area (TPSA) is 125 Å². The molecule has 2 aromatic carbocycles. The Morgan fingerprint density at radius 3 is 2.68 bits per heavy atom. The van der Waals surface area contributed by atoms with Crippen LogP contribution in [0.4, 0.5) is 17.1 Å². The predicted molar refractivity (Wildman–Crippen MR) is 92.6 cm³/mol. The van der Waals surface area contributed by atoms with Crippen LogP contribution >= 0.6 is 11.6 Å². The van der Waals surface area contributed by atoms with Crippen LogP contribution in [0.15, 0.2) is 36.4 Å². The number of benzene rings is 2. The van der Waals surface area contributed by atoms with Gasteiger partial charge in [-0.1, -0.05) is 17.7 Å². The molecule has 0 aliphatic rings. The molecule has 0 atom stereocenters. The van der Waals surface area contributed by atoms with Crippen LogP contribution in [0.25, 0.3) is 0 Å². The summed E-state index contributed by atoms with van der Waals surface area (Å²) < 4.78 is 4.88. The Balaban J connectivity index is 1.99. The number of non-ortho nitro benzene ring substituents is 1. The first kappa shape index (κ1) is 18.2. The number of nitro groups is 1. The average molecular weight is 364 g/mol. The lowest BCUT2D eigenvalue weighted by Crippen LogP contribution is -2.21. The Morgan fingerprint density at radius 1 is 1.32 bits per heavy atom. The number of hydrogen-bond donors (Lipinski definition) is 2. The maximum Gasteiger partial charge on any atom is 0.340 e. The summed E-state index contributed by atoms with van der Waals surface area (Å²) in [6.45, 7) is 1.20. The molecule has 1 amide bonds. The number of nitrogens with two attached hydrogens (primary N) is 1. The molecule has 0 heterocycles. The smallest absolute Gasteiger partial charge is 0.340 e. The maximum absolute atomic E-state index is 12.0. The van der Waals surface area contributed by atoms with Crippen LogP contribution in [0, 0.1) is 17.0 Å². The van der Waals surface area contributed by atoms with Gasteiger partial charge in [-0.05, 0) is 30.7 Å². The molecule has 3 N–H and O–H groups in total. The zero-order valence-corrected chi connectivity index (χ0v) is 13.9. The summed E-state index contributed by atoms with van der Waals surface area (Å²) in [4.78, 5) is 33.9. The van der Waals surface area contributed by atoms with E-state index < -0.39 is 23.4 Å². The fourth-order valence-corrected chi connectivity index (χ4v) is 2.16. The Labute approximate surface area is 147 Å².